The third-order valence-corrected chi connectivity index (χ3v) is 6.61. The molecule has 0 spiro atoms. The van der Waals surface area contributed by atoms with E-state index in [1.54, 1.807) is 11.3 Å². The van der Waals surface area contributed by atoms with Crippen LogP contribution in [0.25, 0.3) is 10.2 Å². The van der Waals surface area contributed by atoms with Crippen molar-refractivity contribution < 1.29 is 13.5 Å². The molecule has 2 saturated heterocycles. The van der Waals surface area contributed by atoms with E-state index >= 15 is 0 Å². The molecule has 0 aliphatic carbocycles. The highest BCUT2D eigenvalue weighted by molar-refractivity contribution is 7.79. The highest BCUT2D eigenvalue weighted by Gasteiger charge is 2.21. The number of halogens is 1. The standard InChI is InChI=1S/C16H22ClN5O3S2/c17-16-18-14(22-5-7-25-8-6-22)13-9-12(26-15(13)19-16)10-20-1-3-21(4-2-20)11-27(23)24/h9H,1-8,10-11H2,(H,23,24). The largest absolute Gasteiger partial charge is 0.378 e. The monoisotopic (exact) mass is 431 g/mol. The van der Waals surface area contributed by atoms with Crippen LogP contribution >= 0.6 is 22.9 Å². The van der Waals surface area contributed by atoms with Gasteiger partial charge in [-0.1, -0.05) is 0 Å². The Hall–Kier alpha value is -0.880. The van der Waals surface area contributed by atoms with E-state index in [1.807, 2.05) is 4.90 Å². The van der Waals surface area contributed by atoms with E-state index in [2.05, 4.69) is 25.8 Å². The molecule has 148 valence electrons. The third-order valence-electron chi connectivity index (χ3n) is 4.84. The Balaban J connectivity index is 1.48. The molecule has 27 heavy (non-hydrogen) atoms. The average molecular weight is 432 g/mol. The summed E-state index contributed by atoms with van der Waals surface area (Å²) in [5.74, 6) is 1.12. The van der Waals surface area contributed by atoms with Crippen LogP contribution in [0.15, 0.2) is 6.07 Å². The minimum Gasteiger partial charge on any atom is -0.378 e. The number of nitrogens with zero attached hydrogens (tertiary/aromatic N) is 5. The topological polar surface area (TPSA) is 82.0 Å². The van der Waals surface area contributed by atoms with Crippen molar-refractivity contribution in [2.24, 2.45) is 0 Å². The molecule has 2 aliphatic heterocycles. The lowest BCUT2D eigenvalue weighted by Gasteiger charge is -2.33. The summed E-state index contributed by atoms with van der Waals surface area (Å²) >= 11 is 6.06. The molecule has 0 saturated carbocycles. The first kappa shape index (κ1) is 19.4. The van der Waals surface area contributed by atoms with E-state index in [9.17, 15) is 4.21 Å². The molecule has 1 N–H and O–H groups in total. The Morgan fingerprint density at radius 2 is 1.85 bits per heavy atom. The van der Waals surface area contributed by atoms with E-state index in [0.717, 1.165) is 61.8 Å². The van der Waals surface area contributed by atoms with Gasteiger partial charge in [-0.25, -0.2) is 9.19 Å². The lowest BCUT2D eigenvalue weighted by Crippen LogP contribution is -2.46. The van der Waals surface area contributed by atoms with Crippen LogP contribution in [0, 0.1) is 0 Å². The second-order valence-corrected chi connectivity index (χ2v) is 9.05. The summed E-state index contributed by atoms with van der Waals surface area (Å²) in [5, 5.41) is 1.33. The maximum Gasteiger partial charge on any atom is 0.225 e. The van der Waals surface area contributed by atoms with Crippen LogP contribution in [-0.4, -0.2) is 86.9 Å². The molecule has 2 aromatic rings. The summed E-state index contributed by atoms with van der Waals surface area (Å²) in [7, 11) is 0. The average Bonchev–Trinajstić information content (AvgIpc) is 3.05. The van der Waals surface area contributed by atoms with Gasteiger partial charge in [-0.15, -0.1) is 11.3 Å². The molecule has 0 bridgehead atoms. The molecule has 2 aromatic heterocycles. The normalized spacial score (nSPS) is 21.0. The fourth-order valence-electron chi connectivity index (χ4n) is 3.48. The number of anilines is 1. The molecule has 8 nitrogen and oxygen atoms in total. The van der Waals surface area contributed by atoms with Gasteiger partial charge in [0, 0.05) is 50.7 Å². The smallest absolute Gasteiger partial charge is 0.225 e. The van der Waals surface area contributed by atoms with Crippen molar-refractivity contribution in [2.75, 3.05) is 63.3 Å². The molecule has 4 rings (SSSR count). The minimum absolute atomic E-state index is 0.230. The molecule has 2 fully saturated rings. The van der Waals surface area contributed by atoms with Crippen molar-refractivity contribution in [3.8, 4) is 0 Å². The summed E-state index contributed by atoms with van der Waals surface area (Å²) in [5.41, 5.74) is 0. The summed E-state index contributed by atoms with van der Waals surface area (Å²) in [6.45, 7) is 7.24. The molecule has 11 heteroatoms. The Morgan fingerprint density at radius 1 is 1.15 bits per heavy atom. The number of piperazine rings is 1. The first-order valence-corrected chi connectivity index (χ1v) is 11.4. The third kappa shape index (κ3) is 4.76. The highest BCUT2D eigenvalue weighted by atomic mass is 35.5. The predicted molar refractivity (Wildman–Crippen MR) is 108 cm³/mol. The molecular weight excluding hydrogens is 410 g/mol. The van der Waals surface area contributed by atoms with Gasteiger partial charge in [-0.3, -0.25) is 9.80 Å². The summed E-state index contributed by atoms with van der Waals surface area (Å²) in [6, 6.07) is 2.18. The minimum atomic E-state index is -1.76. The number of rotatable bonds is 5. The molecule has 2 aliphatic rings. The summed E-state index contributed by atoms with van der Waals surface area (Å²) in [4.78, 5) is 17.7. The number of ether oxygens (including phenoxy) is 1. The van der Waals surface area contributed by atoms with Gasteiger partial charge in [0.05, 0.1) is 18.6 Å². The van der Waals surface area contributed by atoms with Gasteiger partial charge in [0.25, 0.3) is 0 Å². The first-order valence-electron chi connectivity index (χ1n) is 8.89. The van der Waals surface area contributed by atoms with Gasteiger partial charge in [-0.05, 0) is 17.7 Å². The zero-order valence-corrected chi connectivity index (χ0v) is 17.2. The maximum absolute atomic E-state index is 11.0. The van der Waals surface area contributed by atoms with E-state index in [-0.39, 0.29) is 11.2 Å². The lowest BCUT2D eigenvalue weighted by molar-refractivity contribution is 0.122. The van der Waals surface area contributed by atoms with E-state index < -0.39 is 11.1 Å². The fourth-order valence-corrected chi connectivity index (χ4v) is 5.33. The van der Waals surface area contributed by atoms with Crippen LogP contribution in [0.3, 0.4) is 0 Å². The Labute approximate surface area is 169 Å². The number of fused-ring (bicyclic) bond motifs is 1. The molecule has 0 radical (unpaired) electrons. The molecule has 4 heterocycles. The van der Waals surface area contributed by atoms with Gasteiger partial charge in [-0.2, -0.15) is 4.98 Å². The van der Waals surface area contributed by atoms with Gasteiger partial charge in [0.15, 0.2) is 11.1 Å². The second-order valence-electron chi connectivity index (χ2n) is 6.69. The van der Waals surface area contributed by atoms with E-state index in [4.69, 9.17) is 20.9 Å². The Morgan fingerprint density at radius 3 is 2.56 bits per heavy atom. The maximum atomic E-state index is 11.0. The molecule has 1 unspecified atom stereocenters. The van der Waals surface area contributed by atoms with Crippen molar-refractivity contribution in [3.63, 3.8) is 0 Å². The number of hydrogen-bond donors (Lipinski definition) is 1. The zero-order chi connectivity index (χ0) is 18.8. The first-order chi connectivity index (χ1) is 13.1. The van der Waals surface area contributed by atoms with Crippen LogP contribution in [0.5, 0.6) is 0 Å². The molecule has 0 aromatic carbocycles. The van der Waals surface area contributed by atoms with Crippen LogP contribution in [-0.2, 0) is 22.4 Å². The van der Waals surface area contributed by atoms with Crippen LogP contribution < -0.4 is 4.90 Å². The Bertz CT molecular complexity index is 822. The van der Waals surface area contributed by atoms with Crippen molar-refractivity contribution in [2.45, 2.75) is 6.54 Å². The summed E-state index contributed by atoms with van der Waals surface area (Å²) in [6.07, 6.45) is 0. The van der Waals surface area contributed by atoms with Crippen LogP contribution in [0.2, 0.25) is 5.28 Å². The van der Waals surface area contributed by atoms with Crippen molar-refractivity contribution >= 4 is 50.1 Å². The van der Waals surface area contributed by atoms with E-state index in [1.165, 1.54) is 4.88 Å². The SMILES string of the molecule is O=S(O)CN1CCN(Cc2cc3c(N4CCOCC4)nc(Cl)nc3s2)CC1. The van der Waals surface area contributed by atoms with Crippen LogP contribution in [0.1, 0.15) is 4.88 Å². The van der Waals surface area contributed by atoms with Gasteiger partial charge in [0.1, 0.15) is 16.5 Å². The molecule has 1 atom stereocenters. The van der Waals surface area contributed by atoms with Crippen molar-refractivity contribution in [1.82, 2.24) is 19.8 Å². The zero-order valence-electron chi connectivity index (χ0n) is 14.8. The van der Waals surface area contributed by atoms with E-state index in [0.29, 0.717) is 13.2 Å². The Kier molecular flexibility index (Phi) is 6.22. The number of hydrogen-bond acceptors (Lipinski definition) is 8. The second kappa shape index (κ2) is 8.64. The predicted octanol–water partition coefficient (Wildman–Crippen LogP) is 1.48. The van der Waals surface area contributed by atoms with Gasteiger partial charge < -0.3 is 14.2 Å². The number of thiophene rings is 1. The van der Waals surface area contributed by atoms with Crippen molar-refractivity contribution in [1.29, 1.82) is 0 Å². The van der Waals surface area contributed by atoms with Crippen molar-refractivity contribution in [3.05, 3.63) is 16.2 Å². The fraction of sp³-hybridized carbons (Fsp3) is 0.625. The van der Waals surface area contributed by atoms with Crippen LogP contribution in [0.4, 0.5) is 5.82 Å². The summed E-state index contributed by atoms with van der Waals surface area (Å²) < 4.78 is 25.4. The lowest BCUT2D eigenvalue weighted by atomic mass is 10.2. The number of aromatic nitrogens is 2. The quantitative estimate of drug-likeness (QED) is 0.563. The number of morpholine rings is 1. The molecule has 0 amide bonds. The molecular formula is C16H22ClN5O3S2. The highest BCUT2D eigenvalue weighted by Crippen LogP contribution is 2.33. The van der Waals surface area contributed by atoms with Gasteiger partial charge >= 0.3 is 0 Å². The van der Waals surface area contributed by atoms with Gasteiger partial charge in [0.2, 0.25) is 5.28 Å².